The van der Waals surface area contributed by atoms with E-state index < -0.39 is 93.4 Å². The van der Waals surface area contributed by atoms with Crippen LogP contribution in [0.5, 0.6) is 11.5 Å². The number of hydrogen-bond acceptors (Lipinski definition) is 9. The van der Waals surface area contributed by atoms with Crippen molar-refractivity contribution in [1.29, 1.82) is 0 Å². The molecule has 0 radical (unpaired) electrons. The first kappa shape index (κ1) is 36.8. The minimum absolute atomic E-state index is 0.308. The molecule has 1 saturated carbocycles. The fourth-order valence-electron chi connectivity index (χ4n) is 6.90. The Balaban J connectivity index is 1.58. The average Bonchev–Trinajstić information content (AvgIpc) is 3.04. The average molecular weight is 711 g/mol. The molecule has 268 valence electrons. The number of aliphatic hydroxyl groups is 1. The van der Waals surface area contributed by atoms with Gasteiger partial charge in [0.05, 0.1) is 6.10 Å². The van der Waals surface area contributed by atoms with Crippen molar-refractivity contribution in [2.24, 2.45) is 11.8 Å². The second-order valence-electron chi connectivity index (χ2n) is 12.2. The van der Waals surface area contributed by atoms with Crippen LogP contribution in [0.4, 0.5) is 26.3 Å². The minimum Gasteiger partial charge on any atom is -0.483 e. The summed E-state index contributed by atoms with van der Waals surface area (Å²) in [6.07, 6.45) is -14.2. The second kappa shape index (κ2) is 13.0. The highest BCUT2D eigenvalue weighted by Gasteiger charge is 2.67. The molecular weight excluding hydrogens is 678 g/mol. The van der Waals surface area contributed by atoms with Gasteiger partial charge >= 0.3 is 24.3 Å². The van der Waals surface area contributed by atoms with Gasteiger partial charge in [-0.25, -0.2) is 9.59 Å². The molecule has 3 aromatic rings. The van der Waals surface area contributed by atoms with Gasteiger partial charge in [-0.1, -0.05) is 73.7 Å². The Bertz CT molecular complexity index is 1750. The zero-order valence-corrected chi connectivity index (χ0v) is 27.0. The summed E-state index contributed by atoms with van der Waals surface area (Å²) in [4.78, 5) is 41.5. The first-order valence-electron chi connectivity index (χ1n) is 15.2. The lowest BCUT2D eigenvalue weighted by Gasteiger charge is -2.52. The summed E-state index contributed by atoms with van der Waals surface area (Å²) in [7, 11) is 1.32. The summed E-state index contributed by atoms with van der Waals surface area (Å²) < 4.78 is 114. The van der Waals surface area contributed by atoms with E-state index >= 15 is 0 Å². The van der Waals surface area contributed by atoms with E-state index in [2.05, 4.69) is 0 Å². The number of hydrogen-bond donors (Lipinski definition) is 1. The molecule has 0 unspecified atom stereocenters. The molecule has 1 fully saturated rings. The Morgan fingerprint density at radius 2 is 1.30 bits per heavy atom. The molecule has 0 amide bonds. The quantitative estimate of drug-likeness (QED) is 0.169. The number of fused-ring (bicyclic) bond motifs is 2. The zero-order chi connectivity index (χ0) is 36.9. The summed E-state index contributed by atoms with van der Waals surface area (Å²) in [6, 6.07) is 15.3. The number of aliphatic hydroxyl groups excluding tert-OH is 1. The van der Waals surface area contributed by atoms with E-state index in [9.17, 15) is 45.8 Å². The van der Waals surface area contributed by atoms with Crippen LogP contribution >= 0.6 is 0 Å². The van der Waals surface area contributed by atoms with Gasteiger partial charge in [-0.15, -0.1) is 0 Å². The monoisotopic (exact) mass is 710 g/mol. The van der Waals surface area contributed by atoms with Gasteiger partial charge in [0.25, 0.3) is 11.2 Å². The predicted molar refractivity (Wildman–Crippen MR) is 161 cm³/mol. The van der Waals surface area contributed by atoms with Gasteiger partial charge in [0.1, 0.15) is 34.7 Å². The van der Waals surface area contributed by atoms with Crippen LogP contribution in [0, 0.1) is 11.8 Å². The van der Waals surface area contributed by atoms with Crippen LogP contribution in [0.3, 0.4) is 0 Å². The number of Topliss-reactive ketones (excluding diaryl/α,β-unsaturated/α-hetero) is 1. The van der Waals surface area contributed by atoms with Crippen LogP contribution in [0.2, 0.25) is 0 Å². The van der Waals surface area contributed by atoms with Crippen LogP contribution in [-0.2, 0) is 35.0 Å². The van der Waals surface area contributed by atoms with Crippen molar-refractivity contribution in [3.05, 3.63) is 95.6 Å². The van der Waals surface area contributed by atoms with E-state index in [1.165, 1.54) is 62.4 Å². The van der Waals surface area contributed by atoms with Gasteiger partial charge in [0.15, 0.2) is 5.78 Å². The number of carbonyl (C=O) groups is 3. The van der Waals surface area contributed by atoms with E-state index in [0.717, 1.165) is 30.3 Å². The molecular formula is C35H32F6O9. The summed E-state index contributed by atoms with van der Waals surface area (Å²) >= 11 is 0. The molecule has 0 bridgehead atoms. The van der Waals surface area contributed by atoms with Gasteiger partial charge in [-0.2, -0.15) is 26.3 Å². The lowest BCUT2D eigenvalue weighted by Crippen LogP contribution is -2.66. The number of benzene rings is 3. The van der Waals surface area contributed by atoms with E-state index in [1.54, 1.807) is 0 Å². The van der Waals surface area contributed by atoms with E-state index in [1.807, 2.05) is 0 Å². The molecule has 50 heavy (non-hydrogen) atoms. The van der Waals surface area contributed by atoms with E-state index in [4.69, 9.17) is 23.7 Å². The fourth-order valence-corrected chi connectivity index (χ4v) is 6.90. The van der Waals surface area contributed by atoms with Crippen LogP contribution < -0.4 is 9.47 Å². The number of ether oxygens (including phenoxy) is 5. The lowest BCUT2D eigenvalue weighted by atomic mass is 9.64. The van der Waals surface area contributed by atoms with Crippen LogP contribution in [0.25, 0.3) is 0 Å². The van der Waals surface area contributed by atoms with Crippen molar-refractivity contribution in [2.45, 2.75) is 61.6 Å². The fraction of sp³-hybridized carbons (Fsp3) is 0.400. The van der Waals surface area contributed by atoms with Gasteiger partial charge in [-0.05, 0) is 31.4 Å². The molecule has 0 aromatic heterocycles. The van der Waals surface area contributed by atoms with Crippen LogP contribution in [0.1, 0.15) is 41.8 Å². The maximum Gasteiger partial charge on any atom is 0.432 e. The number of rotatable bonds is 8. The van der Waals surface area contributed by atoms with Gasteiger partial charge in [-0.3, -0.25) is 4.79 Å². The third-order valence-corrected chi connectivity index (χ3v) is 9.37. The molecule has 5 rings (SSSR count). The zero-order valence-electron chi connectivity index (χ0n) is 27.0. The number of alkyl halides is 6. The lowest BCUT2D eigenvalue weighted by molar-refractivity contribution is -0.281. The Hall–Kier alpha value is -4.47. The minimum atomic E-state index is -5.36. The Kier molecular flexibility index (Phi) is 9.58. The molecule has 1 heterocycles. The van der Waals surface area contributed by atoms with Crippen molar-refractivity contribution >= 4 is 17.7 Å². The SMILES string of the molecule is CO[C@](C(=O)Oc1cccc2c1C(=O)[C@@H]1[C@@H](OC(=O)[C@@](OC)(c3ccccc3)C(F)(F)F)C[C@@H](C)[C@H](O)[C@@]1(C)O2)(c1ccccc1)C(F)(F)F. The Morgan fingerprint density at radius 3 is 1.78 bits per heavy atom. The highest BCUT2D eigenvalue weighted by Crippen LogP contribution is 2.52. The van der Waals surface area contributed by atoms with Gasteiger partial charge in [0.2, 0.25) is 0 Å². The normalized spacial score (nSPS) is 25.9. The van der Waals surface area contributed by atoms with Crippen LogP contribution in [-0.4, -0.2) is 67.2 Å². The maximum atomic E-state index is 14.7. The van der Waals surface area contributed by atoms with Crippen molar-refractivity contribution in [2.75, 3.05) is 14.2 Å². The first-order chi connectivity index (χ1) is 23.4. The second-order valence-corrected chi connectivity index (χ2v) is 12.2. The standard InChI is InChI=1S/C35H32F6O9/c1-19-18-24(49-30(45)33(47-4,35(39,40)41)21-14-9-6-10-15-21)26-27(42)25-22(16-11-17-23(25)50-31(26,2)28(19)43)48-29(44)32(46-3,34(36,37)38)20-12-7-5-8-13-20/h5-17,19,24,26,28,43H,18H2,1-4H3/t19-,24+,26+,28+,31+,32+,33+/m1/s1. The number of esters is 2. The van der Waals surface area contributed by atoms with Gasteiger partial charge < -0.3 is 28.8 Å². The number of carbonyl (C=O) groups excluding carboxylic acids is 3. The summed E-state index contributed by atoms with van der Waals surface area (Å²) in [6.45, 7) is 2.79. The predicted octanol–water partition coefficient (Wildman–Crippen LogP) is 6.06. The summed E-state index contributed by atoms with van der Waals surface area (Å²) in [5.41, 5.74) is -11.0. The molecule has 2 aliphatic rings. The maximum absolute atomic E-state index is 14.7. The smallest absolute Gasteiger partial charge is 0.432 e. The molecule has 15 heteroatoms. The van der Waals surface area contributed by atoms with Crippen LogP contribution in [0.15, 0.2) is 78.9 Å². The third-order valence-electron chi connectivity index (χ3n) is 9.37. The third kappa shape index (κ3) is 5.60. The van der Waals surface area contributed by atoms with E-state index in [-0.39, 0.29) is 12.2 Å². The summed E-state index contributed by atoms with van der Waals surface area (Å²) in [5.74, 6) is -8.46. The number of ketones is 1. The Labute approximate surface area is 282 Å². The first-order valence-corrected chi connectivity index (χ1v) is 15.2. The molecule has 1 aliphatic carbocycles. The molecule has 1 aliphatic heterocycles. The molecule has 7 atom stereocenters. The van der Waals surface area contributed by atoms with Crippen molar-refractivity contribution < 1.29 is 69.5 Å². The molecule has 9 nitrogen and oxygen atoms in total. The van der Waals surface area contributed by atoms with Crippen molar-refractivity contribution in [3.8, 4) is 11.5 Å². The highest BCUT2D eigenvalue weighted by atomic mass is 19.4. The molecule has 0 spiro atoms. The topological polar surface area (TPSA) is 118 Å². The number of methoxy groups -OCH3 is 2. The van der Waals surface area contributed by atoms with E-state index in [0.29, 0.717) is 14.2 Å². The van der Waals surface area contributed by atoms with Crippen molar-refractivity contribution in [3.63, 3.8) is 0 Å². The summed E-state index contributed by atoms with van der Waals surface area (Å²) in [5, 5.41) is 11.3. The van der Waals surface area contributed by atoms with Crippen molar-refractivity contribution in [1.82, 2.24) is 0 Å². The largest absolute Gasteiger partial charge is 0.483 e. The molecule has 1 N–H and O–H groups in total. The number of halogens is 6. The molecule has 3 aromatic carbocycles. The Morgan fingerprint density at radius 1 is 0.800 bits per heavy atom. The highest BCUT2D eigenvalue weighted by molar-refractivity contribution is 6.06. The van der Waals surface area contributed by atoms with Gasteiger partial charge in [0, 0.05) is 25.3 Å². The molecule has 0 saturated heterocycles.